The largest absolute Gasteiger partial charge is 0.383 e. The van der Waals surface area contributed by atoms with Crippen molar-refractivity contribution in [1.82, 2.24) is 30.1 Å². The van der Waals surface area contributed by atoms with Crippen LogP contribution in [-0.4, -0.2) is 70.0 Å². The molecular weight excluding hydrogens is 414 g/mol. The Balaban J connectivity index is 0.00000272. The van der Waals surface area contributed by atoms with E-state index in [4.69, 9.17) is 4.74 Å². The molecule has 3 aromatic rings. The van der Waals surface area contributed by atoms with Gasteiger partial charge in [-0.05, 0) is 53.6 Å². The van der Waals surface area contributed by atoms with E-state index < -0.39 is 0 Å². The molecule has 166 valence electrons. The molecule has 0 spiro atoms. The van der Waals surface area contributed by atoms with Crippen LogP contribution in [0.5, 0.6) is 0 Å². The summed E-state index contributed by atoms with van der Waals surface area (Å²) in [6.45, 7) is 9.23. The van der Waals surface area contributed by atoms with Crippen LogP contribution in [-0.2, 0) is 11.3 Å². The van der Waals surface area contributed by atoms with Crippen LogP contribution in [0, 0.1) is 13.8 Å². The third-order valence-corrected chi connectivity index (χ3v) is 5.66. The van der Waals surface area contributed by atoms with E-state index in [9.17, 15) is 0 Å². The number of anilines is 1. The van der Waals surface area contributed by atoms with E-state index in [0.29, 0.717) is 13.2 Å². The molecule has 1 aliphatic heterocycles. The third-order valence-electron chi connectivity index (χ3n) is 5.66. The van der Waals surface area contributed by atoms with E-state index in [1.807, 2.05) is 23.0 Å². The Hall–Kier alpha value is -2.55. The van der Waals surface area contributed by atoms with Crippen LogP contribution in [0.15, 0.2) is 42.6 Å². The van der Waals surface area contributed by atoms with Crippen molar-refractivity contribution in [3.63, 3.8) is 0 Å². The molecule has 0 saturated carbocycles. The van der Waals surface area contributed by atoms with E-state index in [0.717, 1.165) is 37.7 Å². The first-order chi connectivity index (χ1) is 14.7. The van der Waals surface area contributed by atoms with E-state index >= 15 is 0 Å². The van der Waals surface area contributed by atoms with Crippen LogP contribution in [0.1, 0.15) is 28.7 Å². The molecule has 1 aliphatic rings. The summed E-state index contributed by atoms with van der Waals surface area (Å²) in [7, 11) is 1.69. The van der Waals surface area contributed by atoms with E-state index in [2.05, 4.69) is 68.4 Å². The molecular formula is C22H30ClN7O. The van der Waals surface area contributed by atoms with Crippen LogP contribution in [0.2, 0.25) is 0 Å². The summed E-state index contributed by atoms with van der Waals surface area (Å²) < 4.78 is 7.07. The fourth-order valence-electron chi connectivity index (χ4n) is 4.05. The van der Waals surface area contributed by atoms with Gasteiger partial charge in [0.1, 0.15) is 6.04 Å². The zero-order valence-corrected chi connectivity index (χ0v) is 19.1. The van der Waals surface area contributed by atoms with Gasteiger partial charge in [-0.1, -0.05) is 18.2 Å². The zero-order chi connectivity index (χ0) is 20.9. The van der Waals surface area contributed by atoms with Crippen molar-refractivity contribution in [3.05, 3.63) is 65.2 Å². The number of rotatable bonds is 7. The monoisotopic (exact) mass is 443 g/mol. The number of methoxy groups -OCH3 is 1. The second-order valence-corrected chi connectivity index (χ2v) is 7.72. The van der Waals surface area contributed by atoms with Crippen molar-refractivity contribution >= 4 is 18.1 Å². The lowest BCUT2D eigenvalue weighted by molar-refractivity contribution is 0.171. The van der Waals surface area contributed by atoms with E-state index in [1.165, 1.54) is 16.8 Å². The highest BCUT2D eigenvalue weighted by Gasteiger charge is 2.31. The minimum absolute atomic E-state index is 0. The topological polar surface area (TPSA) is 72.2 Å². The molecule has 1 fully saturated rings. The van der Waals surface area contributed by atoms with Crippen LogP contribution in [0.4, 0.5) is 5.69 Å². The lowest BCUT2D eigenvalue weighted by atomic mass is 10.1. The molecule has 0 radical (unpaired) electrons. The first kappa shape index (κ1) is 23.1. The van der Waals surface area contributed by atoms with Gasteiger partial charge < -0.3 is 9.64 Å². The first-order valence-corrected chi connectivity index (χ1v) is 10.4. The van der Waals surface area contributed by atoms with Gasteiger partial charge in [-0.2, -0.15) is 0 Å². The number of aryl methyl sites for hydroxylation is 2. The predicted octanol–water partition coefficient (Wildman–Crippen LogP) is 2.66. The van der Waals surface area contributed by atoms with Gasteiger partial charge in [0.2, 0.25) is 0 Å². The van der Waals surface area contributed by atoms with Crippen LogP contribution in [0.3, 0.4) is 0 Å². The average Bonchev–Trinajstić information content (AvgIpc) is 3.23. The van der Waals surface area contributed by atoms with Gasteiger partial charge in [-0.3, -0.25) is 9.88 Å². The van der Waals surface area contributed by atoms with Gasteiger partial charge in [-0.15, -0.1) is 17.5 Å². The highest BCUT2D eigenvalue weighted by Crippen LogP contribution is 2.29. The summed E-state index contributed by atoms with van der Waals surface area (Å²) in [5.41, 5.74) is 4.90. The number of hydrogen-bond acceptors (Lipinski definition) is 7. The lowest BCUT2D eigenvalue weighted by Crippen LogP contribution is -2.48. The Morgan fingerprint density at radius 3 is 2.58 bits per heavy atom. The minimum Gasteiger partial charge on any atom is -0.383 e. The highest BCUT2D eigenvalue weighted by atomic mass is 35.5. The molecule has 4 rings (SSSR count). The second-order valence-electron chi connectivity index (χ2n) is 7.72. The molecule has 0 aliphatic carbocycles. The summed E-state index contributed by atoms with van der Waals surface area (Å²) in [5.74, 6) is 0.811. The number of aromatic nitrogens is 5. The fourth-order valence-corrected chi connectivity index (χ4v) is 4.05. The summed E-state index contributed by atoms with van der Waals surface area (Å²) in [6, 6.07) is 12.6. The standard InChI is InChI=1S/C22H29N7O.ClH/c1-17-7-8-18(2)20(16-17)27-10-12-28(13-11-27)21(19-6-4-5-9-23-19)22-24-25-26-29(22)14-15-30-3;/h4-9,16,21H,10-15H2,1-3H3;1H. The van der Waals surface area contributed by atoms with Gasteiger partial charge in [-0.25, -0.2) is 4.68 Å². The summed E-state index contributed by atoms with van der Waals surface area (Å²) in [6.07, 6.45) is 1.83. The van der Waals surface area contributed by atoms with Crippen LogP contribution >= 0.6 is 12.4 Å². The minimum atomic E-state index is -0.0844. The SMILES string of the molecule is COCCn1nnnc1C(c1ccccn1)N1CCN(c2cc(C)ccc2C)CC1.Cl. The van der Waals surface area contributed by atoms with Gasteiger partial charge in [0.05, 0.1) is 18.8 Å². The normalized spacial score (nSPS) is 15.5. The summed E-state index contributed by atoms with van der Waals surface area (Å²) in [5, 5.41) is 12.5. The average molecular weight is 444 g/mol. The quantitative estimate of drug-likeness (QED) is 0.555. The number of benzene rings is 1. The van der Waals surface area contributed by atoms with E-state index in [1.54, 1.807) is 7.11 Å². The predicted molar refractivity (Wildman–Crippen MR) is 123 cm³/mol. The lowest BCUT2D eigenvalue weighted by Gasteiger charge is -2.40. The number of nitrogens with zero attached hydrogens (tertiary/aromatic N) is 7. The van der Waals surface area contributed by atoms with Crippen molar-refractivity contribution in [3.8, 4) is 0 Å². The van der Waals surface area contributed by atoms with Crippen molar-refractivity contribution in [2.24, 2.45) is 0 Å². The van der Waals surface area contributed by atoms with Crippen molar-refractivity contribution in [2.45, 2.75) is 26.4 Å². The van der Waals surface area contributed by atoms with Crippen molar-refractivity contribution in [1.29, 1.82) is 0 Å². The van der Waals surface area contributed by atoms with Gasteiger partial charge in [0.15, 0.2) is 5.82 Å². The Bertz CT molecular complexity index is 958. The van der Waals surface area contributed by atoms with Gasteiger partial charge >= 0.3 is 0 Å². The van der Waals surface area contributed by atoms with Crippen molar-refractivity contribution in [2.75, 3.05) is 44.8 Å². The van der Waals surface area contributed by atoms with Crippen LogP contribution in [0.25, 0.3) is 0 Å². The maximum absolute atomic E-state index is 5.23. The number of piperazine rings is 1. The number of ether oxygens (including phenoxy) is 1. The fraction of sp³-hybridized carbons (Fsp3) is 0.455. The molecule has 1 unspecified atom stereocenters. The molecule has 8 nitrogen and oxygen atoms in total. The molecule has 0 bridgehead atoms. The Morgan fingerprint density at radius 1 is 1.06 bits per heavy atom. The van der Waals surface area contributed by atoms with Crippen molar-refractivity contribution < 1.29 is 4.74 Å². The highest BCUT2D eigenvalue weighted by molar-refractivity contribution is 5.85. The molecule has 1 saturated heterocycles. The first-order valence-electron chi connectivity index (χ1n) is 10.4. The Morgan fingerprint density at radius 2 is 1.87 bits per heavy atom. The second kappa shape index (κ2) is 10.7. The molecule has 1 atom stereocenters. The Labute approximate surface area is 189 Å². The summed E-state index contributed by atoms with van der Waals surface area (Å²) >= 11 is 0. The van der Waals surface area contributed by atoms with Gasteiger partial charge in [0.25, 0.3) is 0 Å². The molecule has 31 heavy (non-hydrogen) atoms. The number of pyridine rings is 1. The molecule has 3 heterocycles. The maximum Gasteiger partial charge on any atom is 0.174 e. The molecule has 0 N–H and O–H groups in total. The Kier molecular flexibility index (Phi) is 7.95. The van der Waals surface area contributed by atoms with E-state index in [-0.39, 0.29) is 18.4 Å². The number of hydrogen-bond donors (Lipinski definition) is 0. The number of tetrazole rings is 1. The zero-order valence-electron chi connectivity index (χ0n) is 18.3. The molecule has 0 amide bonds. The molecule has 2 aromatic heterocycles. The maximum atomic E-state index is 5.23. The summed E-state index contributed by atoms with van der Waals surface area (Å²) in [4.78, 5) is 9.54. The molecule has 9 heteroatoms. The number of halogens is 1. The smallest absolute Gasteiger partial charge is 0.174 e. The third kappa shape index (κ3) is 5.20. The van der Waals surface area contributed by atoms with Gasteiger partial charge in [0, 0.05) is 45.2 Å². The van der Waals surface area contributed by atoms with Crippen LogP contribution < -0.4 is 4.90 Å². The molecule has 1 aromatic carbocycles.